The van der Waals surface area contributed by atoms with Crippen LogP contribution in [0, 0.1) is 0 Å². The fraction of sp³-hybridized carbons (Fsp3) is 0.438. The summed E-state index contributed by atoms with van der Waals surface area (Å²) >= 11 is 0. The molecule has 1 N–H and O–H groups in total. The van der Waals surface area contributed by atoms with Crippen LogP contribution in [-0.4, -0.2) is 43.7 Å². The topological polar surface area (TPSA) is 75.4 Å². The molecule has 0 spiro atoms. The first-order chi connectivity index (χ1) is 10.5. The number of hydrogen-bond donors (Lipinski definition) is 1. The van der Waals surface area contributed by atoms with Crippen molar-refractivity contribution in [3.8, 4) is 0 Å². The smallest absolute Gasteiger partial charge is 0.326 e. The molecule has 1 aliphatic rings. The first kappa shape index (κ1) is 14.6. The summed E-state index contributed by atoms with van der Waals surface area (Å²) in [7, 11) is 1.84. The molecule has 1 unspecified atom stereocenters. The molecule has 1 aliphatic carbocycles. The van der Waals surface area contributed by atoms with Crippen molar-refractivity contribution in [2.24, 2.45) is 7.05 Å². The van der Waals surface area contributed by atoms with Gasteiger partial charge in [-0.25, -0.2) is 4.79 Å². The maximum Gasteiger partial charge on any atom is 0.326 e. The molecule has 116 valence electrons. The second-order valence-corrected chi connectivity index (χ2v) is 5.81. The Morgan fingerprint density at radius 2 is 2.09 bits per heavy atom. The summed E-state index contributed by atoms with van der Waals surface area (Å²) in [6.07, 6.45) is 1.90. The number of rotatable bonds is 5. The van der Waals surface area contributed by atoms with Crippen LogP contribution < -0.4 is 0 Å². The van der Waals surface area contributed by atoms with E-state index in [0.717, 1.165) is 23.7 Å². The number of carbonyl (C=O) groups is 2. The van der Waals surface area contributed by atoms with E-state index in [1.807, 2.05) is 31.3 Å². The Kier molecular flexibility index (Phi) is 3.60. The third-order valence-corrected chi connectivity index (χ3v) is 4.16. The van der Waals surface area contributed by atoms with E-state index in [-0.39, 0.29) is 18.4 Å². The van der Waals surface area contributed by atoms with Gasteiger partial charge in [-0.3, -0.25) is 9.48 Å². The molecule has 3 rings (SSSR count). The summed E-state index contributed by atoms with van der Waals surface area (Å²) in [4.78, 5) is 25.3. The zero-order valence-electron chi connectivity index (χ0n) is 12.7. The molecule has 0 saturated heterocycles. The Hall–Kier alpha value is -2.37. The van der Waals surface area contributed by atoms with Gasteiger partial charge in [-0.05, 0) is 25.8 Å². The number of hydrogen-bond acceptors (Lipinski definition) is 3. The quantitative estimate of drug-likeness (QED) is 0.909. The molecule has 1 aromatic heterocycles. The molecule has 1 heterocycles. The van der Waals surface area contributed by atoms with Crippen LogP contribution in [0.5, 0.6) is 0 Å². The van der Waals surface area contributed by atoms with E-state index >= 15 is 0 Å². The number of aliphatic carboxylic acids is 1. The Labute approximate surface area is 128 Å². The molecule has 1 amide bonds. The van der Waals surface area contributed by atoms with Crippen LogP contribution in [0.3, 0.4) is 0 Å². The van der Waals surface area contributed by atoms with E-state index < -0.39 is 12.0 Å². The highest BCUT2D eigenvalue weighted by Crippen LogP contribution is 2.30. The third-order valence-electron chi connectivity index (χ3n) is 4.16. The molecule has 0 radical (unpaired) electrons. The zero-order valence-corrected chi connectivity index (χ0v) is 12.7. The van der Waals surface area contributed by atoms with E-state index in [9.17, 15) is 14.7 Å². The number of nitrogens with zero attached hydrogens (tertiary/aromatic N) is 3. The normalized spacial score (nSPS) is 15.7. The molecule has 2 aromatic rings. The highest BCUT2D eigenvalue weighted by atomic mass is 16.4. The maximum atomic E-state index is 12.6. The molecule has 6 heteroatoms. The number of carboxylic acid groups (broad SMARTS) is 1. The third kappa shape index (κ3) is 2.56. The summed E-state index contributed by atoms with van der Waals surface area (Å²) in [5.74, 6) is -1.13. The average molecular weight is 301 g/mol. The van der Waals surface area contributed by atoms with Gasteiger partial charge in [-0.15, -0.1) is 0 Å². The van der Waals surface area contributed by atoms with E-state index in [1.165, 1.54) is 4.90 Å². The summed E-state index contributed by atoms with van der Waals surface area (Å²) in [6, 6.07) is 7.00. The lowest BCUT2D eigenvalue weighted by molar-refractivity contribution is -0.149. The van der Waals surface area contributed by atoms with Gasteiger partial charge in [0.1, 0.15) is 6.04 Å². The van der Waals surface area contributed by atoms with E-state index in [0.29, 0.717) is 5.69 Å². The van der Waals surface area contributed by atoms with Gasteiger partial charge in [-0.1, -0.05) is 18.2 Å². The minimum absolute atomic E-state index is 0.0635. The maximum absolute atomic E-state index is 12.6. The van der Waals surface area contributed by atoms with Crippen LogP contribution in [0.25, 0.3) is 10.9 Å². The van der Waals surface area contributed by atoms with Gasteiger partial charge in [0, 0.05) is 18.5 Å². The first-order valence-electron chi connectivity index (χ1n) is 7.43. The molecule has 1 aromatic carbocycles. The monoisotopic (exact) mass is 301 g/mol. The molecule has 0 aliphatic heterocycles. The van der Waals surface area contributed by atoms with Crippen molar-refractivity contribution in [1.82, 2.24) is 14.7 Å². The van der Waals surface area contributed by atoms with Gasteiger partial charge in [0.05, 0.1) is 17.6 Å². The summed E-state index contributed by atoms with van der Waals surface area (Å²) in [6.45, 7) is 1.56. The number of amides is 1. The Balaban J connectivity index is 1.87. The van der Waals surface area contributed by atoms with Crippen molar-refractivity contribution in [3.05, 3.63) is 30.0 Å². The number of carboxylic acids is 1. The number of carbonyl (C=O) groups excluding carboxylic acids is 1. The van der Waals surface area contributed by atoms with Crippen LogP contribution in [0.4, 0.5) is 0 Å². The minimum atomic E-state index is -0.967. The zero-order chi connectivity index (χ0) is 15.9. The largest absolute Gasteiger partial charge is 0.480 e. The standard InChI is InChI=1S/C16H19N3O3/c1-10(16(21)22)19(11-7-8-11)15(20)9-13-12-5-3-4-6-14(12)18(2)17-13/h3-6,10-11H,7-9H2,1-2H3,(H,21,22). The summed E-state index contributed by atoms with van der Waals surface area (Å²) < 4.78 is 1.75. The summed E-state index contributed by atoms with van der Waals surface area (Å²) in [5.41, 5.74) is 1.67. The Bertz CT molecular complexity index is 733. The lowest BCUT2D eigenvalue weighted by atomic mass is 10.1. The highest BCUT2D eigenvalue weighted by molar-refractivity contribution is 5.90. The van der Waals surface area contributed by atoms with Crippen LogP contribution in [0.15, 0.2) is 24.3 Å². The molecule has 1 fully saturated rings. The number of para-hydroxylation sites is 1. The fourth-order valence-electron chi connectivity index (χ4n) is 2.86. The molecule has 6 nitrogen and oxygen atoms in total. The average Bonchev–Trinajstić information content (AvgIpc) is 3.26. The van der Waals surface area contributed by atoms with Crippen molar-refractivity contribution in [2.45, 2.75) is 38.3 Å². The molecule has 22 heavy (non-hydrogen) atoms. The van der Waals surface area contributed by atoms with Crippen molar-refractivity contribution >= 4 is 22.8 Å². The number of benzene rings is 1. The predicted octanol–water partition coefficient (Wildman–Crippen LogP) is 1.58. The first-order valence-corrected chi connectivity index (χ1v) is 7.43. The molecular weight excluding hydrogens is 282 g/mol. The highest BCUT2D eigenvalue weighted by Gasteiger charge is 2.38. The van der Waals surface area contributed by atoms with Gasteiger partial charge < -0.3 is 10.0 Å². The Morgan fingerprint density at radius 1 is 1.41 bits per heavy atom. The Morgan fingerprint density at radius 3 is 2.73 bits per heavy atom. The van der Waals surface area contributed by atoms with Crippen LogP contribution in [-0.2, 0) is 23.1 Å². The van der Waals surface area contributed by atoms with E-state index in [4.69, 9.17) is 0 Å². The van der Waals surface area contributed by atoms with E-state index in [1.54, 1.807) is 11.6 Å². The van der Waals surface area contributed by atoms with Crippen LogP contribution in [0.1, 0.15) is 25.5 Å². The van der Waals surface area contributed by atoms with Crippen LogP contribution >= 0.6 is 0 Å². The lowest BCUT2D eigenvalue weighted by Crippen LogP contribution is -2.45. The van der Waals surface area contributed by atoms with E-state index in [2.05, 4.69) is 5.10 Å². The predicted molar refractivity (Wildman–Crippen MR) is 81.4 cm³/mol. The van der Waals surface area contributed by atoms with Gasteiger partial charge in [-0.2, -0.15) is 5.10 Å². The second-order valence-electron chi connectivity index (χ2n) is 5.81. The number of fused-ring (bicyclic) bond motifs is 1. The number of aromatic nitrogens is 2. The molecular formula is C16H19N3O3. The van der Waals surface area contributed by atoms with Gasteiger partial charge in [0.2, 0.25) is 5.91 Å². The summed E-state index contributed by atoms with van der Waals surface area (Å²) in [5, 5.41) is 14.6. The van der Waals surface area contributed by atoms with Gasteiger partial charge in [0.25, 0.3) is 0 Å². The van der Waals surface area contributed by atoms with Crippen molar-refractivity contribution in [2.75, 3.05) is 0 Å². The molecule has 1 atom stereocenters. The van der Waals surface area contributed by atoms with Crippen molar-refractivity contribution in [1.29, 1.82) is 0 Å². The van der Waals surface area contributed by atoms with Gasteiger partial charge >= 0.3 is 5.97 Å². The van der Waals surface area contributed by atoms with Crippen LogP contribution in [0.2, 0.25) is 0 Å². The minimum Gasteiger partial charge on any atom is -0.480 e. The lowest BCUT2D eigenvalue weighted by Gasteiger charge is -2.26. The van der Waals surface area contributed by atoms with Crippen molar-refractivity contribution < 1.29 is 14.7 Å². The van der Waals surface area contributed by atoms with Gasteiger partial charge in [0.15, 0.2) is 0 Å². The van der Waals surface area contributed by atoms with Crippen molar-refractivity contribution in [3.63, 3.8) is 0 Å². The SMILES string of the molecule is CC(C(=O)O)N(C(=O)Cc1nn(C)c2ccccc12)C1CC1. The molecule has 0 bridgehead atoms. The second kappa shape index (κ2) is 5.44. The molecule has 1 saturated carbocycles. The number of aryl methyl sites for hydroxylation is 1. The fourth-order valence-corrected chi connectivity index (χ4v) is 2.86.